The van der Waals surface area contributed by atoms with Gasteiger partial charge in [-0.3, -0.25) is 4.79 Å². The van der Waals surface area contributed by atoms with Crippen LogP contribution in [0.25, 0.3) is 10.4 Å². The molecule has 1 saturated heterocycles. The maximum Gasteiger partial charge on any atom is 0.573 e. The van der Waals surface area contributed by atoms with Crippen LogP contribution in [0.1, 0.15) is 9.67 Å². The number of hydrogen-bond donors (Lipinski definition) is 2. The summed E-state index contributed by atoms with van der Waals surface area (Å²) < 4.78 is 40.3. The highest BCUT2D eigenvalue weighted by Crippen LogP contribution is 2.30. The molecule has 4 nitrogen and oxygen atoms in total. The first kappa shape index (κ1) is 16.8. The fourth-order valence-corrected chi connectivity index (χ4v) is 3.18. The number of amides is 1. The molecule has 0 unspecified atom stereocenters. The van der Waals surface area contributed by atoms with Crippen LogP contribution >= 0.6 is 11.3 Å². The van der Waals surface area contributed by atoms with Crippen molar-refractivity contribution >= 4 is 17.2 Å². The molecule has 24 heavy (non-hydrogen) atoms. The third-order valence-corrected chi connectivity index (χ3v) is 4.75. The lowest BCUT2D eigenvalue weighted by Crippen LogP contribution is -2.48. The van der Waals surface area contributed by atoms with Crippen molar-refractivity contribution in [2.75, 3.05) is 19.6 Å². The van der Waals surface area contributed by atoms with Crippen molar-refractivity contribution in [3.05, 3.63) is 41.3 Å². The molecule has 0 radical (unpaired) electrons. The lowest BCUT2D eigenvalue weighted by molar-refractivity contribution is -0.274. The molecule has 1 aliphatic rings. The van der Waals surface area contributed by atoms with Gasteiger partial charge in [0.2, 0.25) is 0 Å². The standard InChI is InChI=1S/C16H15F3N2O2S/c17-16(18,19)23-12-3-1-11(2-4-12)13-5-6-14(24-13)15(22)21-9-10-7-20-8-10/h1-6,10,20H,7-9H2,(H,21,22). The van der Waals surface area contributed by atoms with Gasteiger partial charge in [-0.2, -0.15) is 0 Å². The Kier molecular flexibility index (Phi) is 4.77. The van der Waals surface area contributed by atoms with Gasteiger partial charge in [0.25, 0.3) is 5.91 Å². The van der Waals surface area contributed by atoms with Gasteiger partial charge in [0.15, 0.2) is 0 Å². The van der Waals surface area contributed by atoms with E-state index in [1.54, 1.807) is 12.1 Å². The molecule has 1 aromatic carbocycles. The molecule has 2 heterocycles. The van der Waals surface area contributed by atoms with Gasteiger partial charge < -0.3 is 15.4 Å². The molecule has 3 rings (SSSR count). The second kappa shape index (κ2) is 6.82. The van der Waals surface area contributed by atoms with Crippen molar-refractivity contribution < 1.29 is 22.7 Å². The van der Waals surface area contributed by atoms with Crippen LogP contribution in [0.4, 0.5) is 13.2 Å². The zero-order valence-electron chi connectivity index (χ0n) is 12.5. The van der Waals surface area contributed by atoms with Gasteiger partial charge in [-0.1, -0.05) is 0 Å². The molecule has 0 atom stereocenters. The predicted octanol–water partition coefficient (Wildman–Crippen LogP) is 3.26. The maximum atomic E-state index is 12.1. The lowest BCUT2D eigenvalue weighted by atomic mass is 10.0. The average Bonchev–Trinajstić information content (AvgIpc) is 2.94. The van der Waals surface area contributed by atoms with Gasteiger partial charge >= 0.3 is 6.36 Å². The van der Waals surface area contributed by atoms with E-state index in [-0.39, 0.29) is 11.7 Å². The summed E-state index contributed by atoms with van der Waals surface area (Å²) in [5, 5.41) is 6.03. The van der Waals surface area contributed by atoms with E-state index in [2.05, 4.69) is 15.4 Å². The summed E-state index contributed by atoms with van der Waals surface area (Å²) >= 11 is 1.30. The van der Waals surface area contributed by atoms with E-state index in [0.717, 1.165) is 23.5 Å². The first-order valence-corrected chi connectivity index (χ1v) is 8.17. The fraction of sp³-hybridized carbons (Fsp3) is 0.312. The number of benzene rings is 1. The molecule has 128 valence electrons. The average molecular weight is 356 g/mol. The van der Waals surface area contributed by atoms with Crippen LogP contribution in [-0.4, -0.2) is 31.9 Å². The smallest absolute Gasteiger partial charge is 0.406 e. The van der Waals surface area contributed by atoms with Crippen LogP contribution in [0.3, 0.4) is 0 Å². The van der Waals surface area contributed by atoms with Crippen molar-refractivity contribution in [2.24, 2.45) is 5.92 Å². The second-order valence-electron chi connectivity index (χ2n) is 5.47. The molecular weight excluding hydrogens is 341 g/mol. The van der Waals surface area contributed by atoms with Gasteiger partial charge in [0.1, 0.15) is 5.75 Å². The van der Waals surface area contributed by atoms with Crippen LogP contribution in [0.2, 0.25) is 0 Å². The Labute approximate surface area is 140 Å². The van der Waals surface area contributed by atoms with Gasteiger partial charge in [-0.15, -0.1) is 24.5 Å². The van der Waals surface area contributed by atoms with E-state index in [9.17, 15) is 18.0 Å². The summed E-state index contributed by atoms with van der Waals surface area (Å²) in [4.78, 5) is 13.5. The van der Waals surface area contributed by atoms with E-state index < -0.39 is 6.36 Å². The fourth-order valence-electron chi connectivity index (χ4n) is 2.25. The molecule has 2 N–H and O–H groups in total. The number of thiophene rings is 1. The van der Waals surface area contributed by atoms with Crippen molar-refractivity contribution in [3.8, 4) is 16.2 Å². The SMILES string of the molecule is O=C(NCC1CNC1)c1ccc(-c2ccc(OC(F)(F)F)cc2)s1. The Morgan fingerprint density at radius 3 is 2.50 bits per heavy atom. The highest BCUT2D eigenvalue weighted by Gasteiger charge is 2.31. The van der Waals surface area contributed by atoms with Crippen molar-refractivity contribution in [1.82, 2.24) is 10.6 Å². The van der Waals surface area contributed by atoms with Crippen LogP contribution in [0.5, 0.6) is 5.75 Å². The second-order valence-corrected chi connectivity index (χ2v) is 6.55. The largest absolute Gasteiger partial charge is 0.573 e. The number of alkyl halides is 3. The zero-order chi connectivity index (χ0) is 17.2. The summed E-state index contributed by atoms with van der Waals surface area (Å²) in [6.07, 6.45) is -4.70. The Balaban J connectivity index is 1.62. The highest BCUT2D eigenvalue weighted by molar-refractivity contribution is 7.17. The first-order chi connectivity index (χ1) is 11.4. The van der Waals surface area contributed by atoms with E-state index >= 15 is 0 Å². The summed E-state index contributed by atoms with van der Waals surface area (Å²) in [5.41, 5.74) is 0.733. The van der Waals surface area contributed by atoms with Gasteiger partial charge in [-0.05, 0) is 42.0 Å². The minimum Gasteiger partial charge on any atom is -0.406 e. The number of carbonyl (C=O) groups excluding carboxylic acids is 1. The minimum atomic E-state index is -4.70. The van der Waals surface area contributed by atoms with Crippen molar-refractivity contribution in [3.63, 3.8) is 0 Å². The topological polar surface area (TPSA) is 50.4 Å². The third kappa shape index (κ3) is 4.27. The number of nitrogens with one attached hydrogen (secondary N) is 2. The number of rotatable bonds is 5. The zero-order valence-corrected chi connectivity index (χ0v) is 13.3. The molecule has 1 fully saturated rings. The molecule has 1 amide bonds. The Morgan fingerprint density at radius 1 is 1.21 bits per heavy atom. The highest BCUT2D eigenvalue weighted by atomic mass is 32.1. The minimum absolute atomic E-state index is 0.129. The van der Waals surface area contributed by atoms with Crippen LogP contribution in [0, 0.1) is 5.92 Å². The van der Waals surface area contributed by atoms with Crippen LogP contribution < -0.4 is 15.4 Å². The molecule has 0 spiro atoms. The third-order valence-electron chi connectivity index (χ3n) is 3.62. The molecule has 1 aliphatic heterocycles. The first-order valence-electron chi connectivity index (χ1n) is 7.36. The molecular formula is C16H15F3N2O2S. The van der Waals surface area contributed by atoms with Crippen LogP contribution in [-0.2, 0) is 0 Å². The quantitative estimate of drug-likeness (QED) is 0.865. The molecule has 8 heteroatoms. The summed E-state index contributed by atoms with van der Waals surface area (Å²) in [7, 11) is 0. The Hall–Kier alpha value is -2.06. The summed E-state index contributed by atoms with van der Waals surface area (Å²) in [6.45, 7) is 2.48. The van der Waals surface area contributed by atoms with Gasteiger partial charge in [-0.25, -0.2) is 0 Å². The van der Waals surface area contributed by atoms with Crippen molar-refractivity contribution in [1.29, 1.82) is 0 Å². The molecule has 0 bridgehead atoms. The predicted molar refractivity (Wildman–Crippen MR) is 85.1 cm³/mol. The summed E-state index contributed by atoms with van der Waals surface area (Å²) in [5.74, 6) is 0.0830. The Morgan fingerprint density at radius 2 is 1.92 bits per heavy atom. The number of ether oxygens (including phenoxy) is 1. The summed E-state index contributed by atoms with van der Waals surface area (Å²) in [6, 6.07) is 9.08. The van der Waals surface area contributed by atoms with Gasteiger partial charge in [0.05, 0.1) is 4.88 Å². The lowest BCUT2D eigenvalue weighted by Gasteiger charge is -2.26. The number of hydrogen-bond acceptors (Lipinski definition) is 4. The molecule has 0 saturated carbocycles. The monoisotopic (exact) mass is 356 g/mol. The Bertz CT molecular complexity index is 709. The molecule has 0 aliphatic carbocycles. The number of halogens is 3. The maximum absolute atomic E-state index is 12.1. The number of carbonyl (C=O) groups is 1. The van der Waals surface area contributed by atoms with E-state index in [1.165, 1.54) is 35.6 Å². The van der Waals surface area contributed by atoms with Gasteiger partial charge in [0, 0.05) is 30.4 Å². The van der Waals surface area contributed by atoms with Crippen LogP contribution in [0.15, 0.2) is 36.4 Å². The van der Waals surface area contributed by atoms with Crippen molar-refractivity contribution in [2.45, 2.75) is 6.36 Å². The van der Waals surface area contributed by atoms with E-state index in [0.29, 0.717) is 17.3 Å². The van der Waals surface area contributed by atoms with E-state index in [4.69, 9.17) is 0 Å². The normalized spacial score (nSPS) is 15.0. The molecule has 2 aromatic rings. The van der Waals surface area contributed by atoms with E-state index in [1.807, 2.05) is 0 Å². The molecule has 1 aromatic heterocycles.